The average molecular weight is 567 g/mol. The second kappa shape index (κ2) is 12.5. The third-order valence-electron chi connectivity index (χ3n) is 6.48. The summed E-state index contributed by atoms with van der Waals surface area (Å²) in [6.07, 6.45) is -0.600. The molecule has 0 spiro atoms. The number of sulfonamides is 1. The smallest absolute Gasteiger partial charge is 0.407 e. The van der Waals surface area contributed by atoms with E-state index >= 15 is 0 Å². The van der Waals surface area contributed by atoms with Crippen LogP contribution in [-0.4, -0.2) is 57.8 Å². The van der Waals surface area contributed by atoms with Crippen molar-refractivity contribution in [1.29, 1.82) is 0 Å². The lowest BCUT2D eigenvalue weighted by molar-refractivity contribution is -0.139. The normalized spacial score (nSPS) is 13.6. The molecule has 5 N–H and O–H groups in total. The molecule has 1 aliphatic carbocycles. The lowest BCUT2D eigenvalue weighted by Crippen LogP contribution is -2.41. The zero-order valence-electron chi connectivity index (χ0n) is 21.7. The average Bonchev–Trinajstić information content (AvgIpc) is 3.26. The van der Waals surface area contributed by atoms with Crippen LogP contribution in [0.4, 0.5) is 4.79 Å². The Morgan fingerprint density at radius 1 is 1.00 bits per heavy atom. The number of carboxylic acids is 1. The molecule has 4 rings (SSSR count). The van der Waals surface area contributed by atoms with Gasteiger partial charge in [0.15, 0.2) is 0 Å². The third-order valence-corrected chi connectivity index (χ3v) is 7.85. The molecule has 0 saturated carbocycles. The number of amides is 1. The number of rotatable bonds is 11. The highest BCUT2D eigenvalue weighted by Crippen LogP contribution is 2.44. The van der Waals surface area contributed by atoms with Crippen LogP contribution in [0.2, 0.25) is 0 Å². The molecular formula is C28H30N4O7S. The zero-order valence-corrected chi connectivity index (χ0v) is 22.6. The van der Waals surface area contributed by atoms with Crippen LogP contribution in [-0.2, 0) is 19.6 Å². The molecule has 0 aromatic heterocycles. The van der Waals surface area contributed by atoms with Crippen LogP contribution in [0, 0.1) is 0 Å². The molecule has 1 amide bonds. The molecule has 0 bridgehead atoms. The van der Waals surface area contributed by atoms with Crippen LogP contribution in [0.15, 0.2) is 82.7 Å². The summed E-state index contributed by atoms with van der Waals surface area (Å²) in [5.74, 6) is -1.22. The van der Waals surface area contributed by atoms with E-state index in [-0.39, 0.29) is 42.8 Å². The Balaban J connectivity index is 1.27. The number of hydrogen-bond donors (Lipinski definition) is 4. The van der Waals surface area contributed by atoms with Gasteiger partial charge in [0, 0.05) is 12.5 Å². The maximum absolute atomic E-state index is 12.5. The fourth-order valence-electron chi connectivity index (χ4n) is 4.52. The number of aliphatic carboxylic acids is 1. The monoisotopic (exact) mass is 566 g/mol. The highest BCUT2D eigenvalue weighted by atomic mass is 32.2. The fraction of sp³-hybridized carbons (Fsp3) is 0.250. The predicted octanol–water partition coefficient (Wildman–Crippen LogP) is 3.06. The highest BCUT2D eigenvalue weighted by molar-refractivity contribution is 7.90. The summed E-state index contributed by atoms with van der Waals surface area (Å²) >= 11 is 0. The molecule has 210 valence electrons. The van der Waals surface area contributed by atoms with Gasteiger partial charge in [0.2, 0.25) is 5.96 Å². The Morgan fingerprint density at radius 2 is 1.60 bits per heavy atom. The summed E-state index contributed by atoms with van der Waals surface area (Å²) < 4.78 is 37.5. The molecule has 1 atom stereocenters. The summed E-state index contributed by atoms with van der Waals surface area (Å²) in [5.41, 5.74) is 9.97. The number of fused-ring (bicyclic) bond motifs is 3. The maximum atomic E-state index is 12.5. The molecule has 0 aliphatic heterocycles. The number of methoxy groups -OCH3 is 1. The summed E-state index contributed by atoms with van der Waals surface area (Å²) in [6.45, 7) is 0.0917. The van der Waals surface area contributed by atoms with Crippen LogP contribution < -0.4 is 20.5 Å². The molecule has 11 nitrogen and oxygen atoms in total. The first-order valence-corrected chi connectivity index (χ1v) is 14.0. The van der Waals surface area contributed by atoms with E-state index in [0.717, 1.165) is 22.3 Å². The number of carbonyl (C=O) groups is 2. The summed E-state index contributed by atoms with van der Waals surface area (Å²) in [7, 11) is -2.48. The van der Waals surface area contributed by atoms with Crippen LogP contribution in [0.5, 0.6) is 5.75 Å². The number of carboxylic acid groups (broad SMARTS) is 1. The first kappa shape index (κ1) is 28.4. The highest BCUT2D eigenvalue weighted by Gasteiger charge is 2.29. The molecule has 1 aliphatic rings. The summed E-state index contributed by atoms with van der Waals surface area (Å²) in [6, 6.07) is 20.3. The Labute approximate surface area is 232 Å². The molecule has 12 heteroatoms. The van der Waals surface area contributed by atoms with Crippen molar-refractivity contribution >= 4 is 28.0 Å². The van der Waals surface area contributed by atoms with Gasteiger partial charge < -0.3 is 25.6 Å². The topological polar surface area (TPSA) is 169 Å². The van der Waals surface area contributed by atoms with Crippen molar-refractivity contribution in [2.75, 3.05) is 20.3 Å². The number of hydrogen-bond acceptors (Lipinski definition) is 7. The van der Waals surface area contributed by atoms with Crippen molar-refractivity contribution in [2.24, 2.45) is 10.7 Å². The van der Waals surface area contributed by atoms with Crippen molar-refractivity contribution in [3.63, 3.8) is 0 Å². The molecule has 0 fully saturated rings. The van der Waals surface area contributed by atoms with E-state index in [1.807, 2.05) is 48.5 Å². The number of ether oxygens (including phenoxy) is 2. The van der Waals surface area contributed by atoms with Crippen molar-refractivity contribution in [1.82, 2.24) is 10.0 Å². The fourth-order valence-corrected chi connectivity index (χ4v) is 5.47. The van der Waals surface area contributed by atoms with Gasteiger partial charge in [-0.15, -0.1) is 0 Å². The van der Waals surface area contributed by atoms with E-state index in [1.54, 1.807) is 0 Å². The Morgan fingerprint density at radius 3 is 2.17 bits per heavy atom. The SMILES string of the molecule is COc1ccc(S(=O)(=O)NC(N)=NCCC[C@H](NC(=O)OCC2c3ccccc3-c3ccccc32)C(=O)O)cc1. The van der Waals surface area contributed by atoms with Gasteiger partial charge >= 0.3 is 12.1 Å². The lowest BCUT2D eigenvalue weighted by Gasteiger charge is -2.17. The lowest BCUT2D eigenvalue weighted by atomic mass is 9.98. The maximum Gasteiger partial charge on any atom is 0.407 e. The second-order valence-electron chi connectivity index (χ2n) is 9.05. The van der Waals surface area contributed by atoms with Crippen molar-refractivity contribution in [2.45, 2.75) is 29.7 Å². The van der Waals surface area contributed by atoms with Crippen LogP contribution in [0.1, 0.15) is 29.9 Å². The van der Waals surface area contributed by atoms with Gasteiger partial charge in [0.1, 0.15) is 18.4 Å². The second-order valence-corrected chi connectivity index (χ2v) is 10.7. The van der Waals surface area contributed by atoms with Gasteiger partial charge in [0.05, 0.1) is 12.0 Å². The van der Waals surface area contributed by atoms with Gasteiger partial charge in [-0.05, 0) is 59.4 Å². The predicted molar refractivity (Wildman–Crippen MR) is 149 cm³/mol. The number of nitrogens with zero attached hydrogens (tertiary/aromatic N) is 1. The number of carbonyl (C=O) groups excluding carboxylic acids is 1. The number of aliphatic imine (C=N–C) groups is 1. The van der Waals surface area contributed by atoms with E-state index in [2.05, 4.69) is 15.0 Å². The van der Waals surface area contributed by atoms with Gasteiger partial charge in [-0.1, -0.05) is 48.5 Å². The van der Waals surface area contributed by atoms with Gasteiger partial charge in [-0.3, -0.25) is 4.99 Å². The van der Waals surface area contributed by atoms with E-state index in [1.165, 1.54) is 31.4 Å². The van der Waals surface area contributed by atoms with Crippen molar-refractivity contribution < 1.29 is 32.6 Å². The molecule has 3 aromatic carbocycles. The van der Waals surface area contributed by atoms with E-state index in [9.17, 15) is 23.1 Å². The largest absolute Gasteiger partial charge is 0.497 e. The Bertz CT molecular complexity index is 1460. The van der Waals surface area contributed by atoms with Gasteiger partial charge in [-0.25, -0.2) is 22.7 Å². The van der Waals surface area contributed by atoms with Gasteiger partial charge in [-0.2, -0.15) is 0 Å². The molecule has 0 radical (unpaired) electrons. The first-order valence-electron chi connectivity index (χ1n) is 12.5. The van der Waals surface area contributed by atoms with Crippen molar-refractivity contribution in [3.8, 4) is 16.9 Å². The molecule has 0 heterocycles. The van der Waals surface area contributed by atoms with Crippen LogP contribution in [0.25, 0.3) is 11.1 Å². The first-order chi connectivity index (χ1) is 19.2. The quantitative estimate of drug-likeness (QED) is 0.156. The van der Waals surface area contributed by atoms with E-state index < -0.39 is 28.1 Å². The van der Waals surface area contributed by atoms with E-state index in [4.69, 9.17) is 15.2 Å². The van der Waals surface area contributed by atoms with Gasteiger partial charge in [0.25, 0.3) is 10.0 Å². The number of guanidine groups is 1. The third kappa shape index (κ3) is 6.70. The Kier molecular flexibility index (Phi) is 8.90. The molecule has 0 unspecified atom stereocenters. The minimum Gasteiger partial charge on any atom is -0.497 e. The zero-order chi connectivity index (χ0) is 28.7. The summed E-state index contributed by atoms with van der Waals surface area (Å²) in [5, 5.41) is 11.9. The van der Waals surface area contributed by atoms with Crippen LogP contribution >= 0.6 is 0 Å². The molecule has 40 heavy (non-hydrogen) atoms. The van der Waals surface area contributed by atoms with E-state index in [0.29, 0.717) is 5.75 Å². The minimum absolute atomic E-state index is 0.0234. The number of alkyl carbamates (subject to hydrolysis) is 1. The molecular weight excluding hydrogens is 536 g/mol. The van der Waals surface area contributed by atoms with Crippen LogP contribution in [0.3, 0.4) is 0 Å². The number of benzene rings is 3. The van der Waals surface area contributed by atoms with Crippen molar-refractivity contribution in [3.05, 3.63) is 83.9 Å². The standard InChI is InChI=1S/C28H30N4O7S/c1-38-18-12-14-19(15-13-18)40(36,37)32-27(29)30-16-6-11-25(26(33)34)31-28(35)39-17-24-22-9-4-2-7-20(22)21-8-3-5-10-23(21)24/h2-5,7-10,12-15,24-25H,6,11,16-17H2,1H3,(H,31,35)(H,33,34)(H3,29,30,32)/t25-/m0/s1. The number of nitrogens with two attached hydrogens (primary N) is 1. The molecule has 0 saturated heterocycles. The minimum atomic E-state index is -3.95. The summed E-state index contributed by atoms with van der Waals surface area (Å²) in [4.78, 5) is 28.1. The number of nitrogens with one attached hydrogen (secondary N) is 2. The Hall–Kier alpha value is -4.58. The molecule has 3 aromatic rings.